The van der Waals surface area contributed by atoms with E-state index in [1.54, 1.807) is 30.3 Å². The highest BCUT2D eigenvalue weighted by Crippen LogP contribution is 2.22. The third kappa shape index (κ3) is 2.56. The molecule has 6 heteroatoms. The van der Waals surface area contributed by atoms with Crippen LogP contribution < -0.4 is 10.2 Å². The predicted molar refractivity (Wildman–Crippen MR) is 84.5 cm³/mol. The second-order valence-corrected chi connectivity index (χ2v) is 5.63. The third-order valence-corrected chi connectivity index (χ3v) is 3.95. The number of aryl methyl sites for hydroxylation is 1. The lowest BCUT2D eigenvalue weighted by molar-refractivity contribution is -0.122. The van der Waals surface area contributed by atoms with Gasteiger partial charge in [0.25, 0.3) is 11.8 Å². The number of nitrogens with zero attached hydrogens (tertiary/aromatic N) is 1. The average Bonchev–Trinajstić information content (AvgIpc) is 2.98. The van der Waals surface area contributed by atoms with Crippen molar-refractivity contribution in [1.29, 1.82) is 0 Å². The van der Waals surface area contributed by atoms with Crippen LogP contribution in [0.1, 0.15) is 11.1 Å². The van der Waals surface area contributed by atoms with Crippen LogP contribution in [0.5, 0.6) is 0 Å². The van der Waals surface area contributed by atoms with Crippen molar-refractivity contribution in [3.8, 4) is 0 Å². The number of urea groups is 1. The highest BCUT2D eigenvalue weighted by molar-refractivity contribution is 7.08. The van der Waals surface area contributed by atoms with Gasteiger partial charge in [0.15, 0.2) is 0 Å². The molecule has 22 heavy (non-hydrogen) atoms. The molecule has 1 fully saturated rings. The summed E-state index contributed by atoms with van der Waals surface area (Å²) in [6, 6.07) is 8.00. The highest BCUT2D eigenvalue weighted by Gasteiger charge is 2.36. The summed E-state index contributed by atoms with van der Waals surface area (Å²) < 4.78 is 0. The van der Waals surface area contributed by atoms with Gasteiger partial charge in [-0.3, -0.25) is 14.9 Å². The van der Waals surface area contributed by atoms with Gasteiger partial charge >= 0.3 is 6.03 Å². The van der Waals surface area contributed by atoms with Gasteiger partial charge in [-0.1, -0.05) is 17.7 Å². The molecule has 1 aliphatic heterocycles. The minimum atomic E-state index is -0.735. The number of hydrogen-bond donors (Lipinski definition) is 1. The second-order valence-electron chi connectivity index (χ2n) is 4.85. The van der Waals surface area contributed by atoms with Crippen LogP contribution in [0, 0.1) is 6.92 Å². The van der Waals surface area contributed by atoms with Crippen LogP contribution in [-0.2, 0) is 9.59 Å². The number of carbonyl (C=O) groups excluding carboxylic acids is 3. The molecular formula is C16H12N2O3S. The minimum absolute atomic E-state index is 0.0569. The standard InChI is InChI=1S/C16H12N2O3S/c1-10-2-4-12(5-3-10)18-15(20)13(14(19)17-16(18)21)8-11-6-7-22-9-11/h2-9H,1H3,(H,17,19,21)/b13-8-. The fourth-order valence-electron chi connectivity index (χ4n) is 2.11. The van der Waals surface area contributed by atoms with Crippen molar-refractivity contribution in [3.05, 3.63) is 57.8 Å². The van der Waals surface area contributed by atoms with Gasteiger partial charge in [0, 0.05) is 0 Å². The normalized spacial score (nSPS) is 17.0. The lowest BCUT2D eigenvalue weighted by Gasteiger charge is -2.26. The Kier molecular flexibility index (Phi) is 3.60. The van der Waals surface area contributed by atoms with Crippen LogP contribution in [-0.4, -0.2) is 17.8 Å². The van der Waals surface area contributed by atoms with E-state index in [0.717, 1.165) is 16.0 Å². The molecule has 2 aromatic rings. The van der Waals surface area contributed by atoms with Crippen LogP contribution in [0.3, 0.4) is 0 Å². The van der Waals surface area contributed by atoms with Crippen LogP contribution in [0.4, 0.5) is 10.5 Å². The minimum Gasteiger partial charge on any atom is -0.273 e. The maximum atomic E-state index is 12.5. The number of carbonyl (C=O) groups is 3. The van der Waals surface area contributed by atoms with E-state index >= 15 is 0 Å². The molecule has 1 N–H and O–H groups in total. The molecule has 1 saturated heterocycles. The summed E-state index contributed by atoms with van der Waals surface area (Å²) in [7, 11) is 0. The van der Waals surface area contributed by atoms with Crippen molar-refractivity contribution < 1.29 is 14.4 Å². The number of nitrogens with one attached hydrogen (secondary N) is 1. The topological polar surface area (TPSA) is 66.5 Å². The Morgan fingerprint density at radius 3 is 2.45 bits per heavy atom. The Bertz CT molecular complexity index is 776. The molecule has 0 unspecified atom stereocenters. The van der Waals surface area contributed by atoms with Gasteiger partial charge < -0.3 is 0 Å². The molecule has 0 aliphatic carbocycles. The average molecular weight is 312 g/mol. The number of rotatable bonds is 2. The molecule has 2 heterocycles. The summed E-state index contributed by atoms with van der Waals surface area (Å²) >= 11 is 1.46. The molecular weight excluding hydrogens is 300 g/mol. The molecule has 0 saturated carbocycles. The van der Waals surface area contributed by atoms with Crippen LogP contribution in [0.2, 0.25) is 0 Å². The SMILES string of the molecule is Cc1ccc(N2C(=O)NC(=O)/C(=C/c3ccsc3)C2=O)cc1. The lowest BCUT2D eigenvalue weighted by Crippen LogP contribution is -2.54. The first-order valence-electron chi connectivity index (χ1n) is 6.56. The molecule has 1 aliphatic rings. The fraction of sp³-hybridized carbons (Fsp3) is 0.0625. The quantitative estimate of drug-likeness (QED) is 0.685. The summed E-state index contributed by atoms with van der Waals surface area (Å²) in [6.45, 7) is 1.91. The van der Waals surface area contributed by atoms with E-state index in [9.17, 15) is 14.4 Å². The molecule has 0 atom stereocenters. The molecule has 5 nitrogen and oxygen atoms in total. The van der Waals surface area contributed by atoms with Gasteiger partial charge in [0.1, 0.15) is 5.57 Å². The number of anilines is 1. The predicted octanol–water partition coefficient (Wildman–Crippen LogP) is 2.72. The fourth-order valence-corrected chi connectivity index (χ4v) is 2.73. The van der Waals surface area contributed by atoms with Crippen molar-refractivity contribution in [3.63, 3.8) is 0 Å². The number of imide groups is 2. The first-order chi connectivity index (χ1) is 10.6. The van der Waals surface area contributed by atoms with Gasteiger partial charge in [-0.2, -0.15) is 11.3 Å². The van der Waals surface area contributed by atoms with Gasteiger partial charge in [0.2, 0.25) is 0 Å². The first-order valence-corrected chi connectivity index (χ1v) is 7.51. The van der Waals surface area contributed by atoms with Gasteiger partial charge in [-0.05, 0) is 47.5 Å². The first kappa shape index (κ1) is 14.2. The third-order valence-electron chi connectivity index (χ3n) is 3.25. The van der Waals surface area contributed by atoms with Gasteiger partial charge in [0.05, 0.1) is 5.69 Å². The Morgan fingerprint density at radius 1 is 1.09 bits per heavy atom. The summed E-state index contributed by atoms with van der Waals surface area (Å²) in [5.74, 6) is -1.30. The van der Waals surface area contributed by atoms with E-state index < -0.39 is 17.8 Å². The zero-order valence-electron chi connectivity index (χ0n) is 11.7. The van der Waals surface area contributed by atoms with Gasteiger partial charge in [-0.25, -0.2) is 9.69 Å². The van der Waals surface area contributed by atoms with E-state index in [2.05, 4.69) is 5.32 Å². The zero-order chi connectivity index (χ0) is 15.7. The molecule has 4 amide bonds. The highest BCUT2D eigenvalue weighted by atomic mass is 32.1. The molecule has 1 aromatic heterocycles. The number of thiophene rings is 1. The Morgan fingerprint density at radius 2 is 1.82 bits per heavy atom. The van der Waals surface area contributed by atoms with Crippen LogP contribution >= 0.6 is 11.3 Å². The summed E-state index contributed by atoms with van der Waals surface area (Å²) in [4.78, 5) is 37.4. The summed E-state index contributed by atoms with van der Waals surface area (Å²) in [5, 5.41) is 5.87. The molecule has 0 radical (unpaired) electrons. The largest absolute Gasteiger partial charge is 0.335 e. The van der Waals surface area contributed by atoms with E-state index in [1.807, 2.05) is 17.7 Å². The van der Waals surface area contributed by atoms with Crippen molar-refractivity contribution in [1.82, 2.24) is 5.32 Å². The molecule has 0 bridgehead atoms. The number of hydrogen-bond acceptors (Lipinski definition) is 4. The lowest BCUT2D eigenvalue weighted by atomic mass is 10.1. The van der Waals surface area contributed by atoms with Crippen LogP contribution in [0.25, 0.3) is 6.08 Å². The molecule has 110 valence electrons. The smallest absolute Gasteiger partial charge is 0.273 e. The summed E-state index contributed by atoms with van der Waals surface area (Å²) in [6.07, 6.45) is 1.49. The van der Waals surface area contributed by atoms with Crippen molar-refractivity contribution in [2.45, 2.75) is 6.92 Å². The van der Waals surface area contributed by atoms with Crippen molar-refractivity contribution in [2.75, 3.05) is 4.90 Å². The van der Waals surface area contributed by atoms with Crippen molar-refractivity contribution in [2.24, 2.45) is 0 Å². The van der Waals surface area contributed by atoms with E-state index in [0.29, 0.717) is 5.69 Å². The van der Waals surface area contributed by atoms with E-state index in [1.165, 1.54) is 17.4 Å². The van der Waals surface area contributed by atoms with Gasteiger partial charge in [-0.15, -0.1) is 0 Å². The molecule has 1 aromatic carbocycles. The Labute approximate surface area is 130 Å². The second kappa shape index (κ2) is 5.57. The number of benzene rings is 1. The maximum Gasteiger partial charge on any atom is 0.335 e. The Balaban J connectivity index is 2.01. The van der Waals surface area contributed by atoms with Crippen LogP contribution in [0.15, 0.2) is 46.7 Å². The van der Waals surface area contributed by atoms with E-state index in [4.69, 9.17) is 0 Å². The number of amides is 4. The molecule has 3 rings (SSSR count). The van der Waals surface area contributed by atoms with E-state index in [-0.39, 0.29) is 5.57 Å². The monoisotopic (exact) mass is 312 g/mol. The zero-order valence-corrected chi connectivity index (χ0v) is 12.5. The molecule has 0 spiro atoms. The number of barbiturate groups is 1. The summed E-state index contributed by atoms with van der Waals surface area (Å²) in [5.41, 5.74) is 2.14. The van der Waals surface area contributed by atoms with Crippen molar-refractivity contribution >= 4 is 40.9 Å². The Hall–Kier alpha value is -2.73. The maximum absolute atomic E-state index is 12.5.